The maximum Gasteiger partial charge on any atom is 0.340 e. The van der Waals surface area contributed by atoms with Gasteiger partial charge in [0.25, 0.3) is 0 Å². The van der Waals surface area contributed by atoms with Gasteiger partial charge in [0.1, 0.15) is 5.75 Å². The van der Waals surface area contributed by atoms with E-state index in [0.29, 0.717) is 11.3 Å². The van der Waals surface area contributed by atoms with Crippen LogP contribution < -0.4 is 4.74 Å². The van der Waals surface area contributed by atoms with E-state index in [1.54, 1.807) is 13.3 Å². The molecule has 5 nitrogen and oxygen atoms in total. The van der Waals surface area contributed by atoms with Crippen molar-refractivity contribution < 1.29 is 14.3 Å². The zero-order valence-electron chi connectivity index (χ0n) is 12.6. The third kappa shape index (κ3) is 3.02. The number of carbonyl (C=O) groups excluding carboxylic acids is 1. The molecule has 5 heteroatoms. The molecule has 2 aromatic rings. The number of aromatic nitrogens is 2. The van der Waals surface area contributed by atoms with Crippen molar-refractivity contribution >= 4 is 5.97 Å². The topological polar surface area (TPSA) is 61.3 Å². The normalized spacial score (nSPS) is 10.3. The van der Waals surface area contributed by atoms with Gasteiger partial charge in [0.2, 0.25) is 0 Å². The van der Waals surface area contributed by atoms with Crippen LogP contribution in [0.4, 0.5) is 0 Å². The number of hydrogen-bond acceptors (Lipinski definition) is 5. The third-order valence-electron chi connectivity index (χ3n) is 3.24. The van der Waals surface area contributed by atoms with Crippen molar-refractivity contribution in [3.63, 3.8) is 0 Å². The van der Waals surface area contributed by atoms with Gasteiger partial charge in [-0.3, -0.25) is 9.97 Å². The number of nitrogens with zero attached hydrogens (tertiary/aromatic N) is 2. The minimum atomic E-state index is -0.422. The molecule has 0 aliphatic heterocycles. The summed E-state index contributed by atoms with van der Waals surface area (Å²) in [5, 5.41) is 0. The molecule has 0 atom stereocenters. The molecule has 0 radical (unpaired) electrons. The molecule has 0 amide bonds. The van der Waals surface area contributed by atoms with E-state index < -0.39 is 5.97 Å². The number of carbonyl (C=O) groups is 1. The molecule has 0 N–H and O–H groups in total. The van der Waals surface area contributed by atoms with Crippen molar-refractivity contribution in [2.75, 3.05) is 14.2 Å². The molecule has 0 spiro atoms. The van der Waals surface area contributed by atoms with Crippen LogP contribution in [0.3, 0.4) is 0 Å². The summed E-state index contributed by atoms with van der Waals surface area (Å²) in [6.07, 6.45) is 4.00. The monoisotopic (exact) mass is 286 g/mol. The van der Waals surface area contributed by atoms with Gasteiger partial charge in [-0.2, -0.15) is 0 Å². The van der Waals surface area contributed by atoms with Crippen molar-refractivity contribution in [2.24, 2.45) is 0 Å². The Balaban J connectivity index is 2.70. The number of esters is 1. The molecule has 0 unspecified atom stereocenters. The molecule has 0 saturated heterocycles. The van der Waals surface area contributed by atoms with Crippen LogP contribution in [0.2, 0.25) is 0 Å². The number of rotatable bonds is 4. The maximum absolute atomic E-state index is 12.0. The van der Waals surface area contributed by atoms with Crippen molar-refractivity contribution in [3.8, 4) is 16.9 Å². The Bertz CT molecular complexity index is 669. The van der Waals surface area contributed by atoms with Gasteiger partial charge in [-0.05, 0) is 25.5 Å². The Labute approximate surface area is 124 Å². The molecule has 2 heterocycles. The van der Waals surface area contributed by atoms with Crippen molar-refractivity contribution in [1.82, 2.24) is 9.97 Å². The predicted molar refractivity (Wildman–Crippen MR) is 79.5 cm³/mol. The highest BCUT2D eigenvalue weighted by Crippen LogP contribution is 2.33. The van der Waals surface area contributed by atoms with Gasteiger partial charge in [0, 0.05) is 28.7 Å². The zero-order chi connectivity index (χ0) is 15.4. The molecule has 0 aromatic carbocycles. The predicted octanol–water partition coefficient (Wildman–Crippen LogP) is 2.81. The summed E-state index contributed by atoms with van der Waals surface area (Å²) in [5.74, 6) is 0.192. The van der Waals surface area contributed by atoms with E-state index in [1.165, 1.54) is 13.3 Å². The van der Waals surface area contributed by atoms with Gasteiger partial charge < -0.3 is 9.47 Å². The van der Waals surface area contributed by atoms with Crippen LogP contribution >= 0.6 is 0 Å². The van der Waals surface area contributed by atoms with Crippen molar-refractivity contribution in [2.45, 2.75) is 20.3 Å². The van der Waals surface area contributed by atoms with Gasteiger partial charge in [0.05, 0.1) is 26.0 Å². The summed E-state index contributed by atoms with van der Waals surface area (Å²) in [4.78, 5) is 20.4. The highest BCUT2D eigenvalue weighted by molar-refractivity contribution is 5.97. The van der Waals surface area contributed by atoms with E-state index in [9.17, 15) is 4.79 Å². The minimum Gasteiger partial charge on any atom is -0.494 e. The SMILES string of the molecule is CCc1cc(-c2cc(C)ncc2C(=O)OC)c(OC)cn1. The average molecular weight is 286 g/mol. The van der Waals surface area contributed by atoms with E-state index >= 15 is 0 Å². The van der Waals surface area contributed by atoms with E-state index in [1.807, 2.05) is 26.0 Å². The first-order chi connectivity index (χ1) is 10.1. The van der Waals surface area contributed by atoms with Crippen LogP contribution in [-0.2, 0) is 11.2 Å². The largest absolute Gasteiger partial charge is 0.494 e. The highest BCUT2D eigenvalue weighted by Gasteiger charge is 2.18. The van der Waals surface area contributed by atoms with Crippen LogP contribution in [0.5, 0.6) is 5.75 Å². The van der Waals surface area contributed by atoms with Crippen molar-refractivity contribution in [1.29, 1.82) is 0 Å². The second kappa shape index (κ2) is 6.35. The van der Waals surface area contributed by atoms with E-state index in [0.717, 1.165) is 28.9 Å². The smallest absolute Gasteiger partial charge is 0.340 e. The summed E-state index contributed by atoms with van der Waals surface area (Å²) in [6.45, 7) is 3.90. The molecule has 0 bridgehead atoms. The molecule has 2 rings (SSSR count). The van der Waals surface area contributed by atoms with Crippen LogP contribution in [-0.4, -0.2) is 30.2 Å². The Hall–Kier alpha value is -2.43. The number of ether oxygens (including phenoxy) is 2. The fourth-order valence-corrected chi connectivity index (χ4v) is 2.11. The lowest BCUT2D eigenvalue weighted by atomic mass is 9.99. The van der Waals surface area contributed by atoms with Gasteiger partial charge in [0.15, 0.2) is 0 Å². The number of pyridine rings is 2. The van der Waals surface area contributed by atoms with Crippen LogP contribution in [0.15, 0.2) is 24.5 Å². The van der Waals surface area contributed by atoms with Crippen LogP contribution in [0.1, 0.15) is 28.7 Å². The molecule has 0 fully saturated rings. The van der Waals surface area contributed by atoms with Crippen LogP contribution in [0.25, 0.3) is 11.1 Å². The maximum atomic E-state index is 12.0. The Morgan fingerprint density at radius 3 is 2.52 bits per heavy atom. The highest BCUT2D eigenvalue weighted by atomic mass is 16.5. The molecular weight excluding hydrogens is 268 g/mol. The van der Waals surface area contributed by atoms with E-state index in [2.05, 4.69) is 9.97 Å². The first-order valence-electron chi connectivity index (χ1n) is 6.69. The second-order valence-corrected chi connectivity index (χ2v) is 4.59. The molecule has 2 aromatic heterocycles. The molecular formula is C16H18N2O3. The van der Waals surface area contributed by atoms with E-state index in [-0.39, 0.29) is 0 Å². The first kappa shape index (κ1) is 15.0. The lowest BCUT2D eigenvalue weighted by Crippen LogP contribution is -2.06. The Kier molecular flexibility index (Phi) is 4.52. The molecule has 0 saturated carbocycles. The third-order valence-corrected chi connectivity index (χ3v) is 3.24. The Morgan fingerprint density at radius 1 is 1.14 bits per heavy atom. The summed E-state index contributed by atoms with van der Waals surface area (Å²) >= 11 is 0. The second-order valence-electron chi connectivity index (χ2n) is 4.59. The number of hydrogen-bond donors (Lipinski definition) is 0. The fraction of sp³-hybridized carbons (Fsp3) is 0.312. The van der Waals surface area contributed by atoms with Gasteiger partial charge in [-0.15, -0.1) is 0 Å². The summed E-state index contributed by atoms with van der Waals surface area (Å²) in [5.41, 5.74) is 3.71. The van der Waals surface area contributed by atoms with Gasteiger partial charge >= 0.3 is 5.97 Å². The number of aryl methyl sites for hydroxylation is 2. The standard InChI is InChI=1S/C16H18N2O3/c1-5-11-7-13(15(20-3)9-18-11)12-6-10(2)17-8-14(12)16(19)21-4/h6-9H,5H2,1-4H3. The quantitative estimate of drug-likeness (QED) is 0.809. The molecule has 0 aliphatic rings. The average Bonchev–Trinajstić information content (AvgIpc) is 2.53. The molecule has 110 valence electrons. The summed E-state index contributed by atoms with van der Waals surface area (Å²) in [7, 11) is 2.94. The minimum absolute atomic E-state index is 0.412. The zero-order valence-corrected chi connectivity index (χ0v) is 12.6. The lowest BCUT2D eigenvalue weighted by molar-refractivity contribution is 0.0601. The summed E-state index contributed by atoms with van der Waals surface area (Å²) in [6, 6.07) is 3.78. The van der Waals surface area contributed by atoms with Gasteiger partial charge in [-0.25, -0.2) is 4.79 Å². The number of methoxy groups -OCH3 is 2. The van der Waals surface area contributed by atoms with Crippen molar-refractivity contribution in [3.05, 3.63) is 41.5 Å². The molecule has 0 aliphatic carbocycles. The van der Waals surface area contributed by atoms with Gasteiger partial charge in [-0.1, -0.05) is 6.92 Å². The Morgan fingerprint density at radius 2 is 1.90 bits per heavy atom. The summed E-state index contributed by atoms with van der Waals surface area (Å²) < 4.78 is 10.2. The lowest BCUT2D eigenvalue weighted by Gasteiger charge is -2.13. The molecule has 21 heavy (non-hydrogen) atoms. The van der Waals surface area contributed by atoms with Crippen LogP contribution in [0, 0.1) is 6.92 Å². The van der Waals surface area contributed by atoms with E-state index in [4.69, 9.17) is 9.47 Å². The first-order valence-corrected chi connectivity index (χ1v) is 6.69. The fourth-order valence-electron chi connectivity index (χ4n) is 2.11.